The number of benzene rings is 2. The van der Waals surface area contributed by atoms with Gasteiger partial charge in [0, 0.05) is 11.1 Å². The van der Waals surface area contributed by atoms with Crippen LogP contribution >= 0.6 is 15.9 Å². The molecule has 1 amide bonds. The second-order valence-electron chi connectivity index (χ2n) is 5.26. The number of aryl methyl sites for hydroxylation is 1. The smallest absolute Gasteiger partial charge is 0.374 e. The number of hydrogen-bond acceptors (Lipinski definition) is 4. The first-order valence-corrected chi connectivity index (χ1v) is 8.04. The number of anilines is 1. The summed E-state index contributed by atoms with van der Waals surface area (Å²) in [6, 6.07) is 14.4. The third-order valence-corrected chi connectivity index (χ3v) is 3.99. The average molecular weight is 388 g/mol. The Labute approximate surface area is 146 Å². The van der Waals surface area contributed by atoms with Gasteiger partial charge in [0.2, 0.25) is 5.76 Å². The van der Waals surface area contributed by atoms with Crippen LogP contribution in [0, 0.1) is 6.92 Å². The Morgan fingerprint density at radius 2 is 1.92 bits per heavy atom. The predicted octanol–water partition coefficient (Wildman–Crippen LogP) is 4.30. The van der Waals surface area contributed by atoms with Crippen molar-refractivity contribution in [1.82, 2.24) is 0 Å². The van der Waals surface area contributed by atoms with E-state index in [-0.39, 0.29) is 12.4 Å². The molecule has 6 heteroatoms. The minimum Gasteiger partial charge on any atom is -0.450 e. The normalized spacial score (nSPS) is 10.6. The molecular weight excluding hydrogens is 374 g/mol. The second-order valence-corrected chi connectivity index (χ2v) is 6.11. The second kappa shape index (κ2) is 6.88. The lowest BCUT2D eigenvalue weighted by atomic mass is 10.2. The molecule has 24 heavy (non-hydrogen) atoms. The van der Waals surface area contributed by atoms with Gasteiger partial charge in [0.25, 0.3) is 5.91 Å². The first kappa shape index (κ1) is 16.3. The average Bonchev–Trinajstić information content (AvgIpc) is 3.00. The number of nitrogens with one attached hydrogen (secondary N) is 1. The van der Waals surface area contributed by atoms with E-state index in [1.54, 1.807) is 18.2 Å². The molecule has 0 aliphatic heterocycles. The van der Waals surface area contributed by atoms with E-state index >= 15 is 0 Å². The van der Waals surface area contributed by atoms with Crippen molar-refractivity contribution in [3.63, 3.8) is 0 Å². The fourth-order valence-corrected chi connectivity index (χ4v) is 2.63. The third kappa shape index (κ3) is 3.65. The van der Waals surface area contributed by atoms with Gasteiger partial charge in [-0.2, -0.15) is 0 Å². The molecular formula is C18H14BrNO4. The Hall–Kier alpha value is -2.60. The summed E-state index contributed by atoms with van der Waals surface area (Å²) in [5, 5.41) is 3.44. The molecule has 0 aliphatic rings. The van der Waals surface area contributed by atoms with Gasteiger partial charge < -0.3 is 14.5 Å². The Kier molecular flexibility index (Phi) is 4.66. The molecule has 0 spiro atoms. The molecule has 2 aromatic carbocycles. The van der Waals surface area contributed by atoms with E-state index in [2.05, 4.69) is 21.2 Å². The van der Waals surface area contributed by atoms with E-state index in [1.807, 2.05) is 37.3 Å². The van der Waals surface area contributed by atoms with E-state index in [9.17, 15) is 9.59 Å². The summed E-state index contributed by atoms with van der Waals surface area (Å²) in [6.07, 6.45) is 0. The zero-order valence-electron chi connectivity index (χ0n) is 12.8. The number of rotatable bonds is 4. The number of hydrogen-bond donors (Lipinski definition) is 1. The summed E-state index contributed by atoms with van der Waals surface area (Å²) >= 11 is 3.35. The molecule has 5 nitrogen and oxygen atoms in total. The zero-order valence-corrected chi connectivity index (χ0v) is 14.4. The van der Waals surface area contributed by atoms with Crippen LogP contribution < -0.4 is 5.32 Å². The predicted molar refractivity (Wildman–Crippen MR) is 94.0 cm³/mol. The van der Waals surface area contributed by atoms with Crippen LogP contribution in [0.4, 0.5) is 5.69 Å². The maximum absolute atomic E-state index is 12.0. The summed E-state index contributed by atoms with van der Waals surface area (Å²) in [5.41, 5.74) is 2.30. The van der Waals surface area contributed by atoms with Gasteiger partial charge in [0.1, 0.15) is 5.58 Å². The quantitative estimate of drug-likeness (QED) is 0.677. The molecule has 0 aliphatic carbocycles. The van der Waals surface area contributed by atoms with Crippen molar-refractivity contribution in [2.75, 3.05) is 11.9 Å². The Balaban J connectivity index is 1.60. The molecule has 0 atom stereocenters. The first-order chi connectivity index (χ1) is 11.5. The van der Waals surface area contributed by atoms with E-state index in [0.717, 1.165) is 15.4 Å². The standard InChI is InChI=1S/C18H14BrNO4/c1-11-5-7-13(8-6-11)20-16(21)10-23-18(22)15-9-12-3-2-4-14(19)17(12)24-15/h2-9H,10H2,1H3,(H,20,21). The van der Waals surface area contributed by atoms with Crippen LogP contribution in [0.15, 0.2) is 57.4 Å². The number of carbonyl (C=O) groups is 2. The summed E-state index contributed by atoms with van der Waals surface area (Å²) in [6.45, 7) is 1.57. The lowest BCUT2D eigenvalue weighted by Gasteiger charge is -2.05. The topological polar surface area (TPSA) is 68.5 Å². The molecule has 0 saturated carbocycles. The van der Waals surface area contributed by atoms with Crippen LogP contribution in [0.25, 0.3) is 11.0 Å². The number of esters is 1. The molecule has 3 rings (SSSR count). The lowest BCUT2D eigenvalue weighted by Crippen LogP contribution is -2.20. The highest BCUT2D eigenvalue weighted by atomic mass is 79.9. The van der Waals surface area contributed by atoms with Crippen molar-refractivity contribution in [2.24, 2.45) is 0 Å². The monoisotopic (exact) mass is 387 g/mol. The highest BCUT2D eigenvalue weighted by molar-refractivity contribution is 9.10. The van der Waals surface area contributed by atoms with Crippen LogP contribution in [0.3, 0.4) is 0 Å². The van der Waals surface area contributed by atoms with Crippen LogP contribution in [-0.2, 0) is 9.53 Å². The summed E-state index contributed by atoms with van der Waals surface area (Å²) in [5.74, 6) is -1.04. The van der Waals surface area contributed by atoms with Gasteiger partial charge in [-0.3, -0.25) is 4.79 Å². The molecule has 0 radical (unpaired) electrons. The molecule has 1 aromatic heterocycles. The van der Waals surface area contributed by atoms with Crippen molar-refractivity contribution in [2.45, 2.75) is 6.92 Å². The van der Waals surface area contributed by atoms with Crippen molar-refractivity contribution in [3.05, 3.63) is 64.3 Å². The van der Waals surface area contributed by atoms with Gasteiger partial charge in [-0.15, -0.1) is 0 Å². The number of furan rings is 1. The van der Waals surface area contributed by atoms with Gasteiger partial charge in [0.15, 0.2) is 6.61 Å². The molecule has 1 N–H and O–H groups in total. The minimum atomic E-state index is -0.683. The lowest BCUT2D eigenvalue weighted by molar-refractivity contribution is -0.119. The third-order valence-electron chi connectivity index (χ3n) is 3.37. The van der Waals surface area contributed by atoms with Crippen molar-refractivity contribution in [1.29, 1.82) is 0 Å². The minimum absolute atomic E-state index is 0.0556. The number of para-hydroxylation sites is 1. The Morgan fingerprint density at radius 3 is 2.62 bits per heavy atom. The largest absolute Gasteiger partial charge is 0.450 e. The Morgan fingerprint density at radius 1 is 1.17 bits per heavy atom. The fraction of sp³-hybridized carbons (Fsp3) is 0.111. The highest BCUT2D eigenvalue weighted by Gasteiger charge is 2.16. The molecule has 3 aromatic rings. The van der Waals surface area contributed by atoms with E-state index in [1.165, 1.54) is 0 Å². The van der Waals surface area contributed by atoms with Crippen molar-refractivity contribution < 1.29 is 18.7 Å². The Bertz CT molecular complexity index is 899. The van der Waals surface area contributed by atoms with Gasteiger partial charge >= 0.3 is 5.97 Å². The van der Waals surface area contributed by atoms with Gasteiger partial charge in [-0.1, -0.05) is 29.8 Å². The summed E-state index contributed by atoms with van der Waals surface area (Å²) in [7, 11) is 0. The number of carbonyl (C=O) groups excluding carboxylic acids is 2. The van der Waals surface area contributed by atoms with Crippen LogP contribution in [0.1, 0.15) is 16.1 Å². The summed E-state index contributed by atoms with van der Waals surface area (Å²) in [4.78, 5) is 23.8. The number of fused-ring (bicyclic) bond motifs is 1. The summed E-state index contributed by atoms with van der Waals surface area (Å²) < 4.78 is 11.2. The first-order valence-electron chi connectivity index (χ1n) is 7.24. The van der Waals surface area contributed by atoms with Crippen LogP contribution in [0.2, 0.25) is 0 Å². The maximum atomic E-state index is 12.0. The number of halogens is 1. The van der Waals surface area contributed by atoms with E-state index in [0.29, 0.717) is 11.3 Å². The van der Waals surface area contributed by atoms with Crippen molar-refractivity contribution >= 4 is 44.5 Å². The zero-order chi connectivity index (χ0) is 17.1. The van der Waals surface area contributed by atoms with Crippen LogP contribution in [0.5, 0.6) is 0 Å². The van der Waals surface area contributed by atoms with Gasteiger partial charge in [0.05, 0.1) is 4.47 Å². The van der Waals surface area contributed by atoms with Crippen molar-refractivity contribution in [3.8, 4) is 0 Å². The fourth-order valence-electron chi connectivity index (χ4n) is 2.16. The SMILES string of the molecule is Cc1ccc(NC(=O)COC(=O)c2cc3cccc(Br)c3o2)cc1. The molecule has 0 saturated heterocycles. The molecule has 0 unspecified atom stereocenters. The van der Waals surface area contributed by atoms with Crippen LogP contribution in [-0.4, -0.2) is 18.5 Å². The number of ether oxygens (including phenoxy) is 1. The van der Waals surface area contributed by atoms with Gasteiger partial charge in [-0.05, 0) is 47.1 Å². The van der Waals surface area contributed by atoms with Gasteiger partial charge in [-0.25, -0.2) is 4.79 Å². The molecule has 0 bridgehead atoms. The maximum Gasteiger partial charge on any atom is 0.374 e. The van der Waals surface area contributed by atoms with E-state index < -0.39 is 11.9 Å². The van der Waals surface area contributed by atoms with E-state index in [4.69, 9.17) is 9.15 Å². The number of amides is 1. The molecule has 122 valence electrons. The molecule has 0 fully saturated rings. The highest BCUT2D eigenvalue weighted by Crippen LogP contribution is 2.27. The molecule has 1 heterocycles.